The van der Waals surface area contributed by atoms with Gasteiger partial charge in [0.05, 0.1) is 11.0 Å². The highest BCUT2D eigenvalue weighted by atomic mass is 15.1. The number of hydrogen-bond donors (Lipinski definition) is 0. The van der Waals surface area contributed by atoms with Crippen molar-refractivity contribution in [2.24, 2.45) is 0 Å². The van der Waals surface area contributed by atoms with Crippen LogP contribution in [0.4, 0.5) is 17.1 Å². The largest absolute Gasteiger partial charge is 0.310 e. The Labute approximate surface area is 350 Å². The molecule has 0 aliphatic rings. The van der Waals surface area contributed by atoms with E-state index in [2.05, 4.69) is 252 Å². The summed E-state index contributed by atoms with van der Waals surface area (Å²) in [6.45, 7) is 0. The third-order valence-electron chi connectivity index (χ3n) is 11.7. The molecule has 0 saturated carbocycles. The molecule has 0 bridgehead atoms. The van der Waals surface area contributed by atoms with Crippen LogP contribution in [0.25, 0.3) is 82.8 Å². The molecule has 11 aromatic rings. The molecule has 0 amide bonds. The van der Waals surface area contributed by atoms with Gasteiger partial charge in [0.25, 0.3) is 0 Å². The normalized spacial score (nSPS) is 11.3. The van der Waals surface area contributed by atoms with Crippen LogP contribution in [0.3, 0.4) is 0 Å². The van der Waals surface area contributed by atoms with Gasteiger partial charge in [0.15, 0.2) is 0 Å². The summed E-state index contributed by atoms with van der Waals surface area (Å²) in [6, 6.07) is 87.9. The molecule has 11 rings (SSSR count). The van der Waals surface area contributed by atoms with Crippen LogP contribution in [-0.4, -0.2) is 4.57 Å². The predicted molar refractivity (Wildman–Crippen MR) is 255 cm³/mol. The average Bonchev–Trinajstić information content (AvgIpc) is 3.67. The van der Waals surface area contributed by atoms with Crippen LogP contribution in [0, 0.1) is 0 Å². The second-order valence-electron chi connectivity index (χ2n) is 15.3. The summed E-state index contributed by atoms with van der Waals surface area (Å²) in [4.78, 5) is 2.42. The maximum absolute atomic E-state index is 2.42. The molecule has 1 aromatic heterocycles. The Hall–Kier alpha value is -7.94. The Bertz CT molecular complexity index is 3230. The molecule has 0 aliphatic carbocycles. The van der Waals surface area contributed by atoms with Crippen LogP contribution in [0.5, 0.6) is 0 Å². The van der Waals surface area contributed by atoms with Crippen molar-refractivity contribution in [1.82, 2.24) is 4.57 Å². The van der Waals surface area contributed by atoms with Crippen molar-refractivity contribution >= 4 is 49.6 Å². The summed E-state index contributed by atoms with van der Waals surface area (Å²) in [5.41, 5.74) is 16.3. The molecule has 2 heteroatoms. The van der Waals surface area contributed by atoms with E-state index in [9.17, 15) is 0 Å². The molecule has 2 nitrogen and oxygen atoms in total. The Kier molecular flexibility index (Phi) is 8.87. The monoisotopic (exact) mass is 764 g/mol. The number of rotatable bonds is 8. The molecule has 0 saturated heterocycles. The van der Waals surface area contributed by atoms with E-state index in [1.165, 1.54) is 71.5 Å². The van der Waals surface area contributed by atoms with E-state index in [1.54, 1.807) is 0 Å². The second-order valence-corrected chi connectivity index (χ2v) is 15.3. The highest BCUT2D eigenvalue weighted by Crippen LogP contribution is 2.44. The molecular formula is C58H40N2. The van der Waals surface area contributed by atoms with Crippen LogP contribution in [-0.2, 0) is 0 Å². The Balaban J connectivity index is 1.12. The van der Waals surface area contributed by atoms with Crippen molar-refractivity contribution in [3.63, 3.8) is 0 Å². The fourth-order valence-electron chi connectivity index (χ4n) is 8.98. The zero-order chi connectivity index (χ0) is 39.8. The molecule has 0 atom stereocenters. The SMILES string of the molecule is c1ccc(-c2cc(-c3ccccc3)cc(N(c3ccc(-c4cccc5ccccc45)cc3)c3cccc(-c4cccc5c4c4ccccc4n5-c4ccccc4)c3)c2)cc1. The Morgan fingerprint density at radius 3 is 1.55 bits per heavy atom. The van der Waals surface area contributed by atoms with Crippen molar-refractivity contribution in [3.05, 3.63) is 243 Å². The van der Waals surface area contributed by atoms with Crippen LogP contribution in [0.1, 0.15) is 0 Å². The molecule has 0 unspecified atom stereocenters. The standard InChI is InChI=1S/C58H40N2/c1-4-17-41(18-5-1)46-37-47(42-19-6-2-7-20-42)40-51(39-46)59(49-35-33-44(34-36-49)53-29-15-22-43-21-10-11-27-52(43)53)50-26-14-23-45(38-50)54-30-16-32-57-58(54)55-28-12-13-31-56(55)60(57)48-24-8-3-9-25-48/h1-40H. The summed E-state index contributed by atoms with van der Waals surface area (Å²) in [5, 5.41) is 4.98. The molecule has 0 radical (unpaired) electrons. The third kappa shape index (κ3) is 6.32. The van der Waals surface area contributed by atoms with Gasteiger partial charge in [0, 0.05) is 33.5 Å². The zero-order valence-corrected chi connectivity index (χ0v) is 33.0. The quantitative estimate of drug-likeness (QED) is 0.150. The predicted octanol–water partition coefficient (Wildman–Crippen LogP) is 16.1. The lowest BCUT2D eigenvalue weighted by Gasteiger charge is -2.27. The Morgan fingerprint density at radius 2 is 0.817 bits per heavy atom. The maximum Gasteiger partial charge on any atom is 0.0547 e. The summed E-state index contributed by atoms with van der Waals surface area (Å²) in [5.74, 6) is 0. The van der Waals surface area contributed by atoms with E-state index in [4.69, 9.17) is 0 Å². The first-order valence-electron chi connectivity index (χ1n) is 20.6. The highest BCUT2D eigenvalue weighted by molar-refractivity contribution is 6.16. The summed E-state index contributed by atoms with van der Waals surface area (Å²) >= 11 is 0. The first kappa shape index (κ1) is 35.2. The minimum Gasteiger partial charge on any atom is -0.310 e. The number of hydrogen-bond acceptors (Lipinski definition) is 1. The van der Waals surface area contributed by atoms with E-state index in [-0.39, 0.29) is 0 Å². The lowest BCUT2D eigenvalue weighted by Crippen LogP contribution is -2.10. The van der Waals surface area contributed by atoms with Gasteiger partial charge >= 0.3 is 0 Å². The first-order valence-corrected chi connectivity index (χ1v) is 20.6. The summed E-state index contributed by atoms with van der Waals surface area (Å²) in [6.07, 6.45) is 0. The molecule has 1 heterocycles. The molecule has 0 fully saturated rings. The second kappa shape index (κ2) is 15.1. The molecule has 282 valence electrons. The number of aromatic nitrogens is 1. The van der Waals surface area contributed by atoms with Gasteiger partial charge < -0.3 is 9.47 Å². The lowest BCUT2D eigenvalue weighted by atomic mass is 9.96. The number of anilines is 3. The van der Waals surface area contributed by atoms with Gasteiger partial charge in [-0.25, -0.2) is 0 Å². The molecule has 0 N–H and O–H groups in total. The average molecular weight is 765 g/mol. The van der Waals surface area contributed by atoms with Crippen LogP contribution in [0.15, 0.2) is 243 Å². The van der Waals surface area contributed by atoms with Crippen LogP contribution >= 0.6 is 0 Å². The topological polar surface area (TPSA) is 8.17 Å². The number of benzene rings is 10. The fourth-order valence-corrected chi connectivity index (χ4v) is 8.98. The molecule has 60 heavy (non-hydrogen) atoms. The van der Waals surface area contributed by atoms with E-state index in [0.29, 0.717) is 0 Å². The van der Waals surface area contributed by atoms with Gasteiger partial charge in [-0.1, -0.05) is 176 Å². The van der Waals surface area contributed by atoms with Gasteiger partial charge in [-0.2, -0.15) is 0 Å². The summed E-state index contributed by atoms with van der Waals surface area (Å²) < 4.78 is 2.39. The van der Waals surface area contributed by atoms with Crippen molar-refractivity contribution in [2.75, 3.05) is 4.90 Å². The minimum atomic E-state index is 1.08. The van der Waals surface area contributed by atoms with Crippen molar-refractivity contribution in [2.45, 2.75) is 0 Å². The van der Waals surface area contributed by atoms with Gasteiger partial charge in [0.1, 0.15) is 0 Å². The smallest absolute Gasteiger partial charge is 0.0547 e. The minimum absolute atomic E-state index is 1.08. The Morgan fingerprint density at radius 1 is 0.283 bits per heavy atom. The fraction of sp³-hybridized carbons (Fsp3) is 0. The van der Waals surface area contributed by atoms with Crippen molar-refractivity contribution in [3.8, 4) is 50.2 Å². The van der Waals surface area contributed by atoms with Crippen molar-refractivity contribution in [1.29, 1.82) is 0 Å². The van der Waals surface area contributed by atoms with Gasteiger partial charge in [-0.15, -0.1) is 0 Å². The first-order chi connectivity index (χ1) is 29.8. The van der Waals surface area contributed by atoms with Crippen LogP contribution in [0.2, 0.25) is 0 Å². The van der Waals surface area contributed by atoms with E-state index in [1.807, 2.05) is 0 Å². The highest BCUT2D eigenvalue weighted by Gasteiger charge is 2.20. The van der Waals surface area contributed by atoms with Gasteiger partial charge in [-0.3, -0.25) is 0 Å². The van der Waals surface area contributed by atoms with Gasteiger partial charge in [-0.05, 0) is 122 Å². The molecular weight excluding hydrogens is 725 g/mol. The van der Waals surface area contributed by atoms with E-state index in [0.717, 1.165) is 28.3 Å². The number of para-hydroxylation sites is 2. The molecule has 0 aliphatic heterocycles. The maximum atomic E-state index is 2.42. The van der Waals surface area contributed by atoms with Crippen molar-refractivity contribution < 1.29 is 0 Å². The lowest BCUT2D eigenvalue weighted by molar-refractivity contribution is 1.18. The van der Waals surface area contributed by atoms with Crippen LogP contribution < -0.4 is 4.90 Å². The molecule has 10 aromatic carbocycles. The molecule has 0 spiro atoms. The number of nitrogens with zero attached hydrogens (tertiary/aromatic N) is 2. The van der Waals surface area contributed by atoms with E-state index >= 15 is 0 Å². The summed E-state index contributed by atoms with van der Waals surface area (Å²) in [7, 11) is 0. The number of fused-ring (bicyclic) bond motifs is 4. The zero-order valence-electron chi connectivity index (χ0n) is 33.0. The van der Waals surface area contributed by atoms with Gasteiger partial charge in [0.2, 0.25) is 0 Å². The van der Waals surface area contributed by atoms with E-state index < -0.39 is 0 Å². The third-order valence-corrected chi connectivity index (χ3v) is 11.7.